The molecular formula is C33H27N4O2-. The molecule has 0 radical (unpaired) electrons. The predicted octanol–water partition coefficient (Wildman–Crippen LogP) is 5.89. The molecule has 39 heavy (non-hydrogen) atoms. The molecule has 0 spiro atoms. The highest BCUT2D eigenvalue weighted by molar-refractivity contribution is 5.64. The van der Waals surface area contributed by atoms with E-state index in [-0.39, 0.29) is 11.4 Å². The van der Waals surface area contributed by atoms with Gasteiger partial charge in [-0.15, -0.1) is 0 Å². The molecule has 6 heteroatoms. The number of aromatic nitrogens is 4. The highest BCUT2D eigenvalue weighted by Crippen LogP contribution is 2.39. The lowest BCUT2D eigenvalue weighted by atomic mass is 9.84. The monoisotopic (exact) mass is 511 g/mol. The molecule has 0 saturated heterocycles. The molecule has 6 aromatic rings. The number of para-hydroxylation sites is 2. The highest BCUT2D eigenvalue weighted by atomic mass is 16.3. The zero-order chi connectivity index (χ0) is 26.9. The van der Waals surface area contributed by atoms with Gasteiger partial charge in [0.05, 0.1) is 22.6 Å². The molecule has 1 atom stereocenters. The molecule has 0 aliphatic rings. The van der Waals surface area contributed by atoms with Gasteiger partial charge in [-0.05, 0) is 66.2 Å². The van der Waals surface area contributed by atoms with Crippen LogP contribution in [-0.2, 0) is 0 Å². The molecule has 0 aliphatic carbocycles. The molecule has 2 aromatic heterocycles. The Hall–Kier alpha value is -5.10. The quantitative estimate of drug-likeness (QED) is 0.303. The molecule has 6 nitrogen and oxygen atoms in total. The molecular weight excluding hydrogens is 484 g/mol. The molecule has 192 valence electrons. The summed E-state index contributed by atoms with van der Waals surface area (Å²) in [6.07, 6.45) is 0. The Bertz CT molecular complexity index is 1780. The topological polar surface area (TPSA) is 78.7 Å². The first-order chi connectivity index (χ1) is 19.0. The van der Waals surface area contributed by atoms with Crippen molar-refractivity contribution in [2.24, 2.45) is 0 Å². The Morgan fingerprint density at radius 3 is 1.85 bits per heavy atom. The summed E-state index contributed by atoms with van der Waals surface area (Å²) in [5.74, 6) is -0.837. The molecule has 0 aliphatic heterocycles. The van der Waals surface area contributed by atoms with Crippen LogP contribution in [0.4, 0.5) is 0 Å². The molecule has 6 rings (SSSR count). The first kappa shape index (κ1) is 24.2. The second-order valence-electron chi connectivity index (χ2n) is 9.60. The van der Waals surface area contributed by atoms with Crippen molar-refractivity contribution < 1.29 is 5.11 Å². The number of nitrogens with zero attached hydrogens (tertiary/aromatic N) is 3. The van der Waals surface area contributed by atoms with Gasteiger partial charge in [-0.2, -0.15) is 5.10 Å². The van der Waals surface area contributed by atoms with Crippen molar-refractivity contribution in [3.63, 3.8) is 0 Å². The molecule has 0 amide bonds. The standard InChI is InChI=1S/C33H28N4O2/c1-22-29(32(38)36(34-22)27-14-8-4-9-15-27)31(26-20-18-25(19-21-26)24-12-6-3-7-13-24)30-23(2)35-37(33(30)39)28-16-10-5-11-17-28/h3-21,31,34,39H,1-2H3/p-1. The van der Waals surface area contributed by atoms with Crippen molar-refractivity contribution in [2.75, 3.05) is 0 Å². The van der Waals surface area contributed by atoms with Crippen LogP contribution in [0.25, 0.3) is 22.5 Å². The molecule has 0 bridgehead atoms. The van der Waals surface area contributed by atoms with Crippen molar-refractivity contribution >= 4 is 0 Å². The number of aromatic amines is 1. The number of nitrogens with one attached hydrogen (secondary N) is 1. The summed E-state index contributed by atoms with van der Waals surface area (Å²) in [5.41, 5.74) is 6.54. The van der Waals surface area contributed by atoms with Gasteiger partial charge in [0.25, 0.3) is 5.56 Å². The van der Waals surface area contributed by atoms with Gasteiger partial charge in [0.1, 0.15) is 0 Å². The SMILES string of the molecule is Cc1nn(-c2ccccc2)c([O-])c1C(c1ccc(-c2ccccc2)cc1)c1c(C)[nH]n(-c2ccccc2)c1=O. The van der Waals surface area contributed by atoms with Crippen molar-refractivity contribution in [2.45, 2.75) is 19.8 Å². The number of benzene rings is 4. The lowest BCUT2D eigenvalue weighted by Crippen LogP contribution is -2.21. The zero-order valence-corrected chi connectivity index (χ0v) is 21.7. The fraction of sp³-hybridized carbons (Fsp3) is 0.0909. The van der Waals surface area contributed by atoms with E-state index in [1.165, 1.54) is 9.36 Å². The normalized spacial score (nSPS) is 11.9. The minimum absolute atomic E-state index is 0.193. The molecule has 1 N–H and O–H groups in total. The summed E-state index contributed by atoms with van der Waals surface area (Å²) in [5, 5.41) is 21.8. The number of H-pyrrole nitrogens is 1. The van der Waals surface area contributed by atoms with Gasteiger partial charge < -0.3 is 5.11 Å². The van der Waals surface area contributed by atoms with E-state index >= 15 is 0 Å². The van der Waals surface area contributed by atoms with Crippen LogP contribution >= 0.6 is 0 Å². The van der Waals surface area contributed by atoms with E-state index in [0.717, 1.165) is 22.4 Å². The minimum atomic E-state index is -0.603. The summed E-state index contributed by atoms with van der Waals surface area (Å²) < 4.78 is 2.96. The van der Waals surface area contributed by atoms with Gasteiger partial charge in [0, 0.05) is 11.6 Å². The van der Waals surface area contributed by atoms with E-state index in [0.29, 0.717) is 28.2 Å². The first-order valence-electron chi connectivity index (χ1n) is 12.9. The van der Waals surface area contributed by atoms with Crippen molar-refractivity contribution in [3.05, 3.63) is 154 Å². The van der Waals surface area contributed by atoms with Crippen molar-refractivity contribution in [1.82, 2.24) is 19.6 Å². The summed E-state index contributed by atoms with van der Waals surface area (Å²) in [6.45, 7) is 3.71. The van der Waals surface area contributed by atoms with Crippen LogP contribution in [0.15, 0.2) is 120 Å². The number of hydrogen-bond donors (Lipinski definition) is 1. The Morgan fingerprint density at radius 1 is 0.692 bits per heavy atom. The summed E-state index contributed by atoms with van der Waals surface area (Å²) in [7, 11) is 0. The Balaban J connectivity index is 1.56. The maximum atomic E-state index is 14.0. The summed E-state index contributed by atoms with van der Waals surface area (Å²) in [6, 6.07) is 37.0. The number of hydrogen-bond acceptors (Lipinski definition) is 3. The molecule has 0 fully saturated rings. The fourth-order valence-electron chi connectivity index (χ4n) is 5.23. The predicted molar refractivity (Wildman–Crippen MR) is 152 cm³/mol. The Kier molecular flexibility index (Phi) is 6.21. The number of aryl methyl sites for hydroxylation is 2. The lowest BCUT2D eigenvalue weighted by Gasteiger charge is -2.22. The third-order valence-corrected chi connectivity index (χ3v) is 7.12. The van der Waals surface area contributed by atoms with Gasteiger partial charge in [-0.3, -0.25) is 9.89 Å². The van der Waals surface area contributed by atoms with Crippen molar-refractivity contribution in [1.29, 1.82) is 0 Å². The smallest absolute Gasteiger partial charge is 0.275 e. The van der Waals surface area contributed by atoms with E-state index in [1.54, 1.807) is 0 Å². The number of rotatable bonds is 6. The summed E-state index contributed by atoms with van der Waals surface area (Å²) in [4.78, 5) is 14.0. The minimum Gasteiger partial charge on any atom is -0.858 e. The zero-order valence-electron chi connectivity index (χ0n) is 21.7. The van der Waals surface area contributed by atoms with E-state index < -0.39 is 5.92 Å². The molecule has 0 saturated carbocycles. The van der Waals surface area contributed by atoms with Gasteiger partial charge in [-0.1, -0.05) is 91.0 Å². The average Bonchev–Trinajstić information content (AvgIpc) is 3.45. The average molecular weight is 512 g/mol. The van der Waals surface area contributed by atoms with E-state index in [2.05, 4.69) is 22.3 Å². The second kappa shape index (κ2) is 9.99. The largest absolute Gasteiger partial charge is 0.858 e. The Morgan fingerprint density at radius 2 is 1.23 bits per heavy atom. The Labute approximate surface area is 226 Å². The van der Waals surface area contributed by atoms with Crippen LogP contribution in [0.1, 0.15) is 34.0 Å². The van der Waals surface area contributed by atoms with Gasteiger partial charge in [-0.25, -0.2) is 9.36 Å². The van der Waals surface area contributed by atoms with Gasteiger partial charge in [0.15, 0.2) is 0 Å². The summed E-state index contributed by atoms with van der Waals surface area (Å²) >= 11 is 0. The maximum Gasteiger partial charge on any atom is 0.275 e. The molecule has 1 unspecified atom stereocenters. The third-order valence-electron chi connectivity index (χ3n) is 7.12. The third kappa shape index (κ3) is 4.36. The van der Waals surface area contributed by atoms with Crippen LogP contribution in [-0.4, -0.2) is 19.6 Å². The van der Waals surface area contributed by atoms with E-state index in [1.807, 2.05) is 117 Å². The lowest BCUT2D eigenvalue weighted by molar-refractivity contribution is -0.278. The van der Waals surface area contributed by atoms with Crippen LogP contribution in [0.5, 0.6) is 5.88 Å². The van der Waals surface area contributed by atoms with Gasteiger partial charge in [0.2, 0.25) is 0 Å². The van der Waals surface area contributed by atoms with Crippen LogP contribution in [0.2, 0.25) is 0 Å². The van der Waals surface area contributed by atoms with Gasteiger partial charge >= 0.3 is 0 Å². The molecule has 4 aromatic carbocycles. The van der Waals surface area contributed by atoms with E-state index in [4.69, 9.17) is 0 Å². The fourth-order valence-corrected chi connectivity index (χ4v) is 5.23. The first-order valence-corrected chi connectivity index (χ1v) is 12.9. The van der Waals surface area contributed by atoms with Crippen LogP contribution < -0.4 is 10.7 Å². The van der Waals surface area contributed by atoms with Crippen molar-refractivity contribution in [3.8, 4) is 28.4 Å². The van der Waals surface area contributed by atoms with Crippen LogP contribution in [0, 0.1) is 13.8 Å². The second-order valence-corrected chi connectivity index (χ2v) is 9.60. The van der Waals surface area contributed by atoms with Crippen LogP contribution in [0.3, 0.4) is 0 Å². The van der Waals surface area contributed by atoms with E-state index in [9.17, 15) is 9.90 Å². The highest BCUT2D eigenvalue weighted by Gasteiger charge is 2.29. The molecule has 2 heterocycles. The maximum absolute atomic E-state index is 14.0.